The number of halogens is 1. The second-order valence-electron chi connectivity index (χ2n) is 5.13. The third kappa shape index (κ3) is 3.95. The van der Waals surface area contributed by atoms with Gasteiger partial charge in [0, 0.05) is 10.6 Å². The Balaban J connectivity index is 2.28. The fraction of sp³-hybridized carbons (Fsp3) is 0.333. The standard InChI is InChI=1S/C15H17ClN2O2S/c1-8(2)11-6-10(15(19)20)7-14(18-11)17-9(3)12-4-5-13(16)21-12/h4-9H,1-3H3,(H,17,18)(H,19,20). The molecule has 21 heavy (non-hydrogen) atoms. The fourth-order valence-electron chi connectivity index (χ4n) is 1.90. The first-order valence-electron chi connectivity index (χ1n) is 6.64. The van der Waals surface area contributed by atoms with Gasteiger partial charge in [-0.25, -0.2) is 9.78 Å². The summed E-state index contributed by atoms with van der Waals surface area (Å²) in [5, 5.41) is 12.4. The topological polar surface area (TPSA) is 62.2 Å². The normalized spacial score (nSPS) is 12.4. The highest BCUT2D eigenvalue weighted by Crippen LogP contribution is 2.29. The number of nitrogens with one attached hydrogen (secondary N) is 1. The van der Waals surface area contributed by atoms with Gasteiger partial charge in [0.25, 0.3) is 0 Å². The van der Waals surface area contributed by atoms with E-state index in [1.54, 1.807) is 12.1 Å². The highest BCUT2D eigenvalue weighted by Gasteiger charge is 2.14. The van der Waals surface area contributed by atoms with E-state index in [-0.39, 0.29) is 17.5 Å². The predicted octanol–water partition coefficient (Wildman–Crippen LogP) is 4.79. The van der Waals surface area contributed by atoms with E-state index in [1.165, 1.54) is 11.3 Å². The van der Waals surface area contributed by atoms with Crippen LogP contribution in [0.4, 0.5) is 5.82 Å². The Morgan fingerprint density at radius 1 is 1.33 bits per heavy atom. The Kier molecular flexibility index (Phi) is 4.85. The third-order valence-corrected chi connectivity index (χ3v) is 4.48. The quantitative estimate of drug-likeness (QED) is 0.830. The van der Waals surface area contributed by atoms with Crippen LogP contribution in [0, 0.1) is 0 Å². The summed E-state index contributed by atoms with van der Waals surface area (Å²) in [5.41, 5.74) is 1.00. The first kappa shape index (κ1) is 15.8. The van der Waals surface area contributed by atoms with E-state index in [4.69, 9.17) is 11.6 Å². The van der Waals surface area contributed by atoms with Crippen LogP contribution in [-0.2, 0) is 0 Å². The number of carbonyl (C=O) groups is 1. The average molecular weight is 325 g/mol. The molecule has 2 N–H and O–H groups in total. The maximum atomic E-state index is 11.2. The molecule has 1 atom stereocenters. The maximum absolute atomic E-state index is 11.2. The van der Waals surface area contributed by atoms with E-state index >= 15 is 0 Å². The van der Waals surface area contributed by atoms with Crippen LogP contribution in [-0.4, -0.2) is 16.1 Å². The van der Waals surface area contributed by atoms with Crippen molar-refractivity contribution in [3.05, 3.63) is 44.7 Å². The minimum absolute atomic E-state index is 0.0130. The Labute approximate surface area is 132 Å². The van der Waals surface area contributed by atoms with Crippen LogP contribution in [0.2, 0.25) is 4.34 Å². The summed E-state index contributed by atoms with van der Waals surface area (Å²) in [6.07, 6.45) is 0. The molecule has 0 amide bonds. The minimum atomic E-state index is -0.950. The van der Waals surface area contributed by atoms with Crippen LogP contribution in [0.5, 0.6) is 0 Å². The molecule has 112 valence electrons. The molecule has 4 nitrogen and oxygen atoms in total. The van der Waals surface area contributed by atoms with Gasteiger partial charge in [-0.3, -0.25) is 0 Å². The van der Waals surface area contributed by atoms with Crippen molar-refractivity contribution in [2.45, 2.75) is 32.7 Å². The van der Waals surface area contributed by atoms with Gasteiger partial charge in [0.15, 0.2) is 0 Å². The molecule has 2 aromatic heterocycles. The Bertz CT molecular complexity index is 655. The van der Waals surface area contributed by atoms with Gasteiger partial charge in [0.1, 0.15) is 5.82 Å². The Morgan fingerprint density at radius 3 is 2.57 bits per heavy atom. The highest BCUT2D eigenvalue weighted by molar-refractivity contribution is 7.16. The number of pyridine rings is 1. The van der Waals surface area contributed by atoms with E-state index in [2.05, 4.69) is 10.3 Å². The van der Waals surface area contributed by atoms with Crippen molar-refractivity contribution in [1.82, 2.24) is 4.98 Å². The lowest BCUT2D eigenvalue weighted by Gasteiger charge is -2.15. The summed E-state index contributed by atoms with van der Waals surface area (Å²) in [6, 6.07) is 6.99. The number of thiophene rings is 1. The zero-order valence-corrected chi connectivity index (χ0v) is 13.6. The first-order chi connectivity index (χ1) is 9.86. The molecule has 0 aliphatic heterocycles. The van der Waals surface area contributed by atoms with Gasteiger partial charge in [0.05, 0.1) is 15.9 Å². The van der Waals surface area contributed by atoms with Crippen LogP contribution < -0.4 is 5.32 Å². The van der Waals surface area contributed by atoms with E-state index < -0.39 is 5.97 Å². The van der Waals surface area contributed by atoms with Crippen molar-refractivity contribution in [1.29, 1.82) is 0 Å². The van der Waals surface area contributed by atoms with Crippen molar-refractivity contribution < 1.29 is 9.90 Å². The third-order valence-electron chi connectivity index (χ3n) is 3.07. The molecule has 2 aromatic rings. The number of aromatic carboxylic acids is 1. The molecule has 0 spiro atoms. The molecule has 0 aliphatic rings. The van der Waals surface area contributed by atoms with Gasteiger partial charge in [-0.15, -0.1) is 11.3 Å². The second kappa shape index (κ2) is 6.45. The lowest BCUT2D eigenvalue weighted by Crippen LogP contribution is -2.10. The molecule has 6 heteroatoms. The van der Waals surface area contributed by atoms with Gasteiger partial charge < -0.3 is 10.4 Å². The lowest BCUT2D eigenvalue weighted by molar-refractivity contribution is 0.0696. The van der Waals surface area contributed by atoms with Crippen molar-refractivity contribution in [2.75, 3.05) is 5.32 Å². The molecule has 0 saturated heterocycles. The zero-order chi connectivity index (χ0) is 15.6. The van der Waals surface area contributed by atoms with Gasteiger partial charge >= 0.3 is 5.97 Å². The van der Waals surface area contributed by atoms with Crippen LogP contribution in [0.15, 0.2) is 24.3 Å². The van der Waals surface area contributed by atoms with Crippen molar-refractivity contribution >= 4 is 34.7 Å². The van der Waals surface area contributed by atoms with E-state index in [1.807, 2.05) is 32.9 Å². The number of carboxylic acid groups (broad SMARTS) is 1. The number of hydrogen-bond acceptors (Lipinski definition) is 4. The second-order valence-corrected chi connectivity index (χ2v) is 6.88. The summed E-state index contributed by atoms with van der Waals surface area (Å²) < 4.78 is 0.730. The number of rotatable bonds is 5. The first-order valence-corrected chi connectivity index (χ1v) is 7.83. The fourth-order valence-corrected chi connectivity index (χ4v) is 2.96. The number of nitrogens with zero attached hydrogens (tertiary/aromatic N) is 1. The maximum Gasteiger partial charge on any atom is 0.335 e. The Hall–Kier alpha value is -1.59. The zero-order valence-electron chi connectivity index (χ0n) is 12.1. The van der Waals surface area contributed by atoms with Crippen LogP contribution in [0.25, 0.3) is 0 Å². The van der Waals surface area contributed by atoms with Gasteiger partial charge in [-0.2, -0.15) is 0 Å². The molecule has 0 radical (unpaired) electrons. The molecular weight excluding hydrogens is 308 g/mol. The molecular formula is C15H17ClN2O2S. The largest absolute Gasteiger partial charge is 0.478 e. The van der Waals surface area contributed by atoms with Crippen LogP contribution in [0.3, 0.4) is 0 Å². The number of aromatic nitrogens is 1. The summed E-state index contributed by atoms with van der Waals surface area (Å²) in [7, 11) is 0. The summed E-state index contributed by atoms with van der Waals surface area (Å²) in [5.74, 6) is -0.221. The van der Waals surface area contributed by atoms with Gasteiger partial charge in [-0.05, 0) is 37.1 Å². The number of carboxylic acids is 1. The lowest BCUT2D eigenvalue weighted by atomic mass is 10.1. The molecule has 2 heterocycles. The number of hydrogen-bond donors (Lipinski definition) is 2. The predicted molar refractivity (Wildman–Crippen MR) is 86.7 cm³/mol. The van der Waals surface area contributed by atoms with Crippen LogP contribution >= 0.6 is 22.9 Å². The molecule has 0 bridgehead atoms. The molecule has 0 aromatic carbocycles. The molecule has 0 aliphatic carbocycles. The summed E-state index contributed by atoms with van der Waals surface area (Å²) >= 11 is 7.43. The van der Waals surface area contributed by atoms with Crippen molar-refractivity contribution in [3.63, 3.8) is 0 Å². The Morgan fingerprint density at radius 2 is 2.05 bits per heavy atom. The van der Waals surface area contributed by atoms with E-state index in [9.17, 15) is 9.90 Å². The molecule has 2 rings (SSSR count). The van der Waals surface area contributed by atoms with E-state index in [0.717, 1.165) is 14.9 Å². The van der Waals surface area contributed by atoms with Crippen LogP contribution in [0.1, 0.15) is 53.7 Å². The van der Waals surface area contributed by atoms with Crippen molar-refractivity contribution in [2.24, 2.45) is 0 Å². The molecule has 1 unspecified atom stereocenters. The number of anilines is 1. The average Bonchev–Trinajstić information content (AvgIpc) is 2.85. The molecule has 0 fully saturated rings. The minimum Gasteiger partial charge on any atom is -0.478 e. The van der Waals surface area contributed by atoms with Gasteiger partial charge in [0.2, 0.25) is 0 Å². The van der Waals surface area contributed by atoms with Gasteiger partial charge in [-0.1, -0.05) is 25.4 Å². The van der Waals surface area contributed by atoms with E-state index in [0.29, 0.717) is 5.82 Å². The summed E-state index contributed by atoms with van der Waals surface area (Å²) in [4.78, 5) is 16.8. The summed E-state index contributed by atoms with van der Waals surface area (Å²) in [6.45, 7) is 5.97. The van der Waals surface area contributed by atoms with Crippen molar-refractivity contribution in [3.8, 4) is 0 Å². The smallest absolute Gasteiger partial charge is 0.335 e. The molecule has 0 saturated carbocycles. The highest BCUT2D eigenvalue weighted by atomic mass is 35.5. The SMILES string of the molecule is CC(C)c1cc(C(=O)O)cc(NC(C)c2ccc(Cl)s2)n1. The monoisotopic (exact) mass is 324 g/mol.